The Labute approximate surface area is 134 Å². The number of aliphatic hydroxyl groups is 1. The van der Waals surface area contributed by atoms with Crippen molar-refractivity contribution in [3.63, 3.8) is 0 Å². The first-order valence-electron chi connectivity index (χ1n) is 6.22. The first kappa shape index (κ1) is 16.4. The molecule has 0 spiro atoms. The van der Waals surface area contributed by atoms with E-state index in [1.165, 1.54) is 30.3 Å². The van der Waals surface area contributed by atoms with Gasteiger partial charge in [0, 0.05) is 33.1 Å². The van der Waals surface area contributed by atoms with Gasteiger partial charge in [-0.1, -0.05) is 39.7 Å². The van der Waals surface area contributed by atoms with Crippen LogP contribution in [0.3, 0.4) is 0 Å². The van der Waals surface area contributed by atoms with Crippen molar-refractivity contribution in [3.8, 4) is 0 Å². The molecule has 3 N–H and O–H groups in total. The van der Waals surface area contributed by atoms with Crippen molar-refractivity contribution < 1.29 is 13.9 Å². The van der Waals surface area contributed by atoms with E-state index in [0.29, 0.717) is 4.47 Å². The zero-order valence-corrected chi connectivity index (χ0v) is 13.2. The monoisotopic (exact) mass is 375 g/mol. The standard InChI is InChI=1S/C15H13BrClF2NO/c16-8-4-5-9(13(19)6-8)15(21)10(7-20)14-11(17)2-1-3-12(14)18/h1-6,10,15,21H,7,20H2. The SMILES string of the molecule is NCC(c1c(F)cccc1Cl)C(O)c1ccc(Br)cc1F. The summed E-state index contributed by atoms with van der Waals surface area (Å²) in [5.74, 6) is -2.01. The molecule has 0 aliphatic rings. The first-order chi connectivity index (χ1) is 9.95. The summed E-state index contributed by atoms with van der Waals surface area (Å²) >= 11 is 9.13. The summed E-state index contributed by atoms with van der Waals surface area (Å²) in [6.45, 7) is -0.0721. The number of aliphatic hydroxyl groups excluding tert-OH is 1. The highest BCUT2D eigenvalue weighted by atomic mass is 79.9. The number of benzene rings is 2. The summed E-state index contributed by atoms with van der Waals surface area (Å²) in [6, 6.07) is 8.46. The highest BCUT2D eigenvalue weighted by Gasteiger charge is 2.28. The molecule has 0 aromatic heterocycles. The highest BCUT2D eigenvalue weighted by molar-refractivity contribution is 9.10. The molecule has 0 aliphatic heterocycles. The van der Waals surface area contributed by atoms with Gasteiger partial charge in [0.25, 0.3) is 0 Å². The maximum Gasteiger partial charge on any atom is 0.130 e. The molecule has 6 heteroatoms. The third kappa shape index (κ3) is 3.43. The minimum Gasteiger partial charge on any atom is -0.388 e. The van der Waals surface area contributed by atoms with E-state index in [1.807, 2.05) is 0 Å². The van der Waals surface area contributed by atoms with E-state index in [2.05, 4.69) is 15.9 Å². The Morgan fingerprint density at radius 1 is 1.19 bits per heavy atom. The maximum atomic E-state index is 14.0. The molecule has 2 atom stereocenters. The van der Waals surface area contributed by atoms with E-state index in [0.717, 1.165) is 0 Å². The molecule has 21 heavy (non-hydrogen) atoms. The maximum absolute atomic E-state index is 14.0. The van der Waals surface area contributed by atoms with Crippen molar-refractivity contribution in [2.24, 2.45) is 5.73 Å². The van der Waals surface area contributed by atoms with Crippen LogP contribution in [0.2, 0.25) is 5.02 Å². The van der Waals surface area contributed by atoms with Gasteiger partial charge >= 0.3 is 0 Å². The first-order valence-corrected chi connectivity index (χ1v) is 7.39. The number of nitrogens with two attached hydrogens (primary N) is 1. The van der Waals surface area contributed by atoms with Crippen molar-refractivity contribution in [1.29, 1.82) is 0 Å². The van der Waals surface area contributed by atoms with Crippen molar-refractivity contribution >= 4 is 27.5 Å². The van der Waals surface area contributed by atoms with Gasteiger partial charge in [-0.3, -0.25) is 0 Å². The van der Waals surface area contributed by atoms with Gasteiger partial charge in [0.1, 0.15) is 11.6 Å². The largest absolute Gasteiger partial charge is 0.388 e. The topological polar surface area (TPSA) is 46.2 Å². The molecule has 0 amide bonds. The van der Waals surface area contributed by atoms with Crippen LogP contribution >= 0.6 is 27.5 Å². The van der Waals surface area contributed by atoms with Gasteiger partial charge in [-0.2, -0.15) is 0 Å². The minimum atomic E-state index is -1.29. The molecular formula is C15H13BrClF2NO. The second-order valence-electron chi connectivity index (χ2n) is 4.59. The Bertz CT molecular complexity index is 633. The van der Waals surface area contributed by atoms with Gasteiger partial charge < -0.3 is 10.8 Å². The van der Waals surface area contributed by atoms with Crippen LogP contribution in [0.25, 0.3) is 0 Å². The van der Waals surface area contributed by atoms with E-state index in [9.17, 15) is 13.9 Å². The van der Waals surface area contributed by atoms with Crippen LogP contribution in [0.4, 0.5) is 8.78 Å². The fourth-order valence-corrected chi connectivity index (χ4v) is 2.86. The molecule has 2 nitrogen and oxygen atoms in total. The molecule has 0 saturated carbocycles. The van der Waals surface area contributed by atoms with Gasteiger partial charge in [0.05, 0.1) is 6.10 Å². The Kier molecular flexibility index (Phi) is 5.32. The van der Waals surface area contributed by atoms with Crippen molar-refractivity contribution in [2.45, 2.75) is 12.0 Å². The number of rotatable bonds is 4. The fourth-order valence-electron chi connectivity index (χ4n) is 2.23. The quantitative estimate of drug-likeness (QED) is 0.842. The molecule has 0 aliphatic carbocycles. The summed E-state index contributed by atoms with van der Waals surface area (Å²) < 4.78 is 28.5. The smallest absolute Gasteiger partial charge is 0.130 e. The molecule has 0 heterocycles. The zero-order chi connectivity index (χ0) is 15.6. The number of halogens is 4. The lowest BCUT2D eigenvalue weighted by Gasteiger charge is -2.24. The van der Waals surface area contributed by atoms with E-state index in [1.54, 1.807) is 6.07 Å². The molecule has 2 aromatic carbocycles. The van der Waals surface area contributed by atoms with E-state index in [-0.39, 0.29) is 22.7 Å². The van der Waals surface area contributed by atoms with Crippen LogP contribution in [0, 0.1) is 11.6 Å². The van der Waals surface area contributed by atoms with Crippen molar-refractivity contribution in [1.82, 2.24) is 0 Å². The minimum absolute atomic E-state index is 0.0490. The average molecular weight is 377 g/mol. The summed E-state index contributed by atoms with van der Waals surface area (Å²) in [6.07, 6.45) is -1.29. The van der Waals surface area contributed by atoms with E-state index < -0.39 is 23.7 Å². The third-order valence-electron chi connectivity index (χ3n) is 3.29. The second-order valence-corrected chi connectivity index (χ2v) is 5.91. The average Bonchev–Trinajstić information content (AvgIpc) is 2.42. The molecular weight excluding hydrogens is 364 g/mol. The predicted molar refractivity (Wildman–Crippen MR) is 82.3 cm³/mol. The van der Waals surface area contributed by atoms with Crippen LogP contribution in [0.1, 0.15) is 23.1 Å². The van der Waals surface area contributed by atoms with E-state index in [4.69, 9.17) is 17.3 Å². The zero-order valence-electron chi connectivity index (χ0n) is 10.9. The van der Waals surface area contributed by atoms with E-state index >= 15 is 0 Å². The Morgan fingerprint density at radius 3 is 2.48 bits per heavy atom. The van der Waals surface area contributed by atoms with Crippen molar-refractivity contribution in [2.75, 3.05) is 6.54 Å². The van der Waals surface area contributed by atoms with Crippen LogP contribution in [-0.4, -0.2) is 11.7 Å². The predicted octanol–water partition coefficient (Wildman–Crippen LogP) is 4.16. The lowest BCUT2D eigenvalue weighted by atomic mass is 9.88. The van der Waals surface area contributed by atoms with Gasteiger partial charge in [-0.05, 0) is 24.3 Å². The summed E-state index contributed by atoms with van der Waals surface area (Å²) in [4.78, 5) is 0. The lowest BCUT2D eigenvalue weighted by Crippen LogP contribution is -2.22. The Balaban J connectivity index is 2.46. The second kappa shape index (κ2) is 6.83. The lowest BCUT2D eigenvalue weighted by molar-refractivity contribution is 0.141. The van der Waals surface area contributed by atoms with Crippen LogP contribution in [0.5, 0.6) is 0 Å². The van der Waals surface area contributed by atoms with Crippen LogP contribution < -0.4 is 5.73 Å². The Hall–Kier alpha value is -1.01. The number of hydrogen-bond donors (Lipinski definition) is 2. The van der Waals surface area contributed by atoms with Gasteiger partial charge in [0.2, 0.25) is 0 Å². The molecule has 0 fully saturated rings. The molecule has 0 radical (unpaired) electrons. The molecule has 2 aromatic rings. The van der Waals surface area contributed by atoms with Crippen LogP contribution in [-0.2, 0) is 0 Å². The summed E-state index contributed by atoms with van der Waals surface area (Å²) in [5.41, 5.74) is 5.79. The van der Waals surface area contributed by atoms with Gasteiger partial charge in [-0.25, -0.2) is 8.78 Å². The van der Waals surface area contributed by atoms with Crippen molar-refractivity contribution in [3.05, 3.63) is 68.7 Å². The molecule has 112 valence electrons. The molecule has 0 bridgehead atoms. The van der Waals surface area contributed by atoms with Gasteiger partial charge in [-0.15, -0.1) is 0 Å². The molecule has 2 rings (SSSR count). The van der Waals surface area contributed by atoms with Crippen LogP contribution in [0.15, 0.2) is 40.9 Å². The van der Waals surface area contributed by atoms with Gasteiger partial charge in [0.15, 0.2) is 0 Å². The molecule has 0 saturated heterocycles. The normalized spacial score (nSPS) is 14.0. The fraction of sp³-hybridized carbons (Fsp3) is 0.200. The third-order valence-corrected chi connectivity index (χ3v) is 4.11. The molecule has 2 unspecified atom stereocenters. The number of hydrogen-bond acceptors (Lipinski definition) is 2. The highest BCUT2D eigenvalue weighted by Crippen LogP contribution is 2.37. The summed E-state index contributed by atoms with van der Waals surface area (Å²) in [5, 5.41) is 10.5. The Morgan fingerprint density at radius 2 is 1.90 bits per heavy atom. The summed E-state index contributed by atoms with van der Waals surface area (Å²) in [7, 11) is 0.